The van der Waals surface area contributed by atoms with Crippen molar-refractivity contribution < 1.29 is 14.7 Å². The molecule has 2 aliphatic heterocycles. The number of carbonyl (C=O) groups is 2. The monoisotopic (exact) mass is 319 g/mol. The lowest BCUT2D eigenvalue weighted by atomic mass is 10.1. The fourth-order valence-electron chi connectivity index (χ4n) is 2.63. The number of hydrogen-bond donors (Lipinski definition) is 2. The number of nitrogens with one attached hydrogen (secondary N) is 1. The van der Waals surface area contributed by atoms with Gasteiger partial charge in [-0.05, 0) is 18.6 Å². The summed E-state index contributed by atoms with van der Waals surface area (Å²) < 4.78 is 0. The first-order chi connectivity index (χ1) is 10.6. The van der Waals surface area contributed by atoms with Gasteiger partial charge in [-0.3, -0.25) is 9.79 Å². The van der Waals surface area contributed by atoms with Crippen LogP contribution in [0.5, 0.6) is 0 Å². The number of benzene rings is 1. The highest BCUT2D eigenvalue weighted by Crippen LogP contribution is 2.30. The summed E-state index contributed by atoms with van der Waals surface area (Å²) in [6.45, 7) is 1.79. The molecule has 2 unspecified atom stereocenters. The fraction of sp³-hybridized carbons (Fsp3) is 0.400. The summed E-state index contributed by atoms with van der Waals surface area (Å²) >= 11 is 1.65. The summed E-state index contributed by atoms with van der Waals surface area (Å²) in [5.41, 5.74) is 1.29. The predicted octanol–water partition coefficient (Wildman–Crippen LogP) is 1.89. The van der Waals surface area contributed by atoms with Gasteiger partial charge in [0.05, 0.1) is 23.2 Å². The summed E-state index contributed by atoms with van der Waals surface area (Å²) in [6.07, 6.45) is 0.413. The Hall–Kier alpha value is -2.02. The number of rotatable bonds is 3. The van der Waals surface area contributed by atoms with Crippen LogP contribution < -0.4 is 5.32 Å². The van der Waals surface area contributed by atoms with Gasteiger partial charge >= 0.3 is 5.97 Å². The average molecular weight is 319 g/mol. The molecule has 0 aromatic heterocycles. The molecule has 2 aliphatic rings. The molecule has 3 rings (SSSR count). The molecule has 0 aliphatic carbocycles. The Labute approximate surface area is 132 Å². The number of aliphatic imine (C=N–C) groups is 1. The van der Waals surface area contributed by atoms with Gasteiger partial charge in [-0.1, -0.05) is 19.1 Å². The van der Waals surface area contributed by atoms with Crippen LogP contribution in [0.25, 0.3) is 0 Å². The van der Waals surface area contributed by atoms with Crippen molar-refractivity contribution in [2.45, 2.75) is 25.4 Å². The second-order valence-corrected chi connectivity index (χ2v) is 6.24. The molecule has 0 saturated carbocycles. The van der Waals surface area contributed by atoms with E-state index in [-0.39, 0.29) is 11.9 Å². The smallest absolute Gasteiger partial charge is 0.328 e. The van der Waals surface area contributed by atoms with E-state index < -0.39 is 12.0 Å². The first-order valence-electron chi connectivity index (χ1n) is 7.17. The molecule has 2 heterocycles. The van der Waals surface area contributed by atoms with Crippen LogP contribution in [-0.4, -0.2) is 51.4 Å². The highest BCUT2D eigenvalue weighted by atomic mass is 32.2. The van der Waals surface area contributed by atoms with Crippen molar-refractivity contribution in [3.05, 3.63) is 29.8 Å². The highest BCUT2D eigenvalue weighted by Gasteiger charge is 2.38. The molecule has 0 radical (unpaired) electrons. The minimum atomic E-state index is -0.946. The Morgan fingerprint density at radius 3 is 3.05 bits per heavy atom. The maximum absolute atomic E-state index is 12.7. The first-order valence-corrected chi connectivity index (χ1v) is 8.32. The molecule has 116 valence electrons. The molecular weight excluding hydrogens is 302 g/mol. The van der Waals surface area contributed by atoms with Gasteiger partial charge < -0.3 is 15.3 Å². The number of carbonyl (C=O) groups excluding carboxylic acids is 1. The lowest BCUT2D eigenvalue weighted by Gasteiger charge is -2.22. The molecule has 2 atom stereocenters. The number of amides is 1. The van der Waals surface area contributed by atoms with Crippen LogP contribution >= 0.6 is 11.8 Å². The zero-order valence-electron chi connectivity index (χ0n) is 12.2. The van der Waals surface area contributed by atoms with Crippen molar-refractivity contribution in [1.82, 2.24) is 4.90 Å². The molecule has 2 N–H and O–H groups in total. The van der Waals surface area contributed by atoms with Crippen LogP contribution in [0.3, 0.4) is 0 Å². The SMILES string of the molecule is CCC(N=C1Nc2ccccc2C(=O)N2CSCC12)C(=O)O. The average Bonchev–Trinajstić information content (AvgIpc) is 2.96. The number of anilines is 1. The molecule has 0 spiro atoms. The normalized spacial score (nSPS) is 23.5. The van der Waals surface area contributed by atoms with Crippen LogP contribution in [-0.2, 0) is 4.79 Å². The summed E-state index contributed by atoms with van der Waals surface area (Å²) in [7, 11) is 0. The van der Waals surface area contributed by atoms with Gasteiger partial charge in [0.15, 0.2) is 0 Å². The maximum atomic E-state index is 12.7. The largest absolute Gasteiger partial charge is 0.480 e. The lowest BCUT2D eigenvalue weighted by molar-refractivity contribution is -0.138. The van der Waals surface area contributed by atoms with Crippen LogP contribution in [0.4, 0.5) is 5.69 Å². The number of fused-ring (bicyclic) bond motifs is 2. The summed E-state index contributed by atoms with van der Waals surface area (Å²) in [5, 5.41) is 12.4. The van der Waals surface area contributed by atoms with E-state index in [9.17, 15) is 14.7 Å². The number of para-hydroxylation sites is 1. The number of hydrogen-bond acceptors (Lipinski definition) is 4. The van der Waals surface area contributed by atoms with E-state index in [4.69, 9.17) is 0 Å². The maximum Gasteiger partial charge on any atom is 0.328 e. The number of nitrogens with zero attached hydrogens (tertiary/aromatic N) is 2. The Kier molecular flexibility index (Phi) is 4.06. The highest BCUT2D eigenvalue weighted by molar-refractivity contribution is 7.99. The van der Waals surface area contributed by atoms with Gasteiger partial charge in [0.1, 0.15) is 11.9 Å². The van der Waals surface area contributed by atoms with Crippen molar-refractivity contribution in [3.8, 4) is 0 Å². The van der Waals surface area contributed by atoms with Crippen molar-refractivity contribution in [3.63, 3.8) is 0 Å². The van der Waals surface area contributed by atoms with Gasteiger partial charge in [0, 0.05) is 5.75 Å². The van der Waals surface area contributed by atoms with E-state index in [1.807, 2.05) is 18.2 Å². The zero-order valence-corrected chi connectivity index (χ0v) is 13.0. The Bertz CT molecular complexity index is 647. The standard InChI is InChI=1S/C15H17N3O3S/c1-2-10(15(20)21)16-13-12-7-22-8-18(12)14(19)9-5-3-4-6-11(9)17-13/h3-6,10,12H,2,7-8H2,1H3,(H,16,17)(H,20,21). The second kappa shape index (κ2) is 6.00. The molecule has 0 bridgehead atoms. The number of amidine groups is 1. The van der Waals surface area contributed by atoms with Crippen LogP contribution in [0, 0.1) is 0 Å². The second-order valence-electron chi connectivity index (χ2n) is 5.24. The molecule has 1 amide bonds. The summed E-state index contributed by atoms with van der Waals surface area (Å²) in [4.78, 5) is 30.1. The van der Waals surface area contributed by atoms with Crippen LogP contribution in [0.1, 0.15) is 23.7 Å². The topological polar surface area (TPSA) is 82.0 Å². The number of thioether (sulfide) groups is 1. The van der Waals surface area contributed by atoms with E-state index in [1.54, 1.807) is 29.7 Å². The molecule has 22 heavy (non-hydrogen) atoms. The summed E-state index contributed by atoms with van der Waals surface area (Å²) in [6, 6.07) is 6.28. The minimum Gasteiger partial charge on any atom is -0.480 e. The third-order valence-corrected chi connectivity index (χ3v) is 4.86. The molecule has 1 aromatic rings. The molecule has 1 fully saturated rings. The van der Waals surface area contributed by atoms with Gasteiger partial charge in [0.25, 0.3) is 5.91 Å². The number of carboxylic acids is 1. The quantitative estimate of drug-likeness (QED) is 0.889. The van der Waals surface area contributed by atoms with E-state index in [1.165, 1.54) is 0 Å². The predicted molar refractivity (Wildman–Crippen MR) is 86.5 cm³/mol. The molecular formula is C15H17N3O3S. The van der Waals surface area contributed by atoms with Crippen molar-refractivity contribution in [1.29, 1.82) is 0 Å². The van der Waals surface area contributed by atoms with E-state index in [0.717, 1.165) is 5.75 Å². The third kappa shape index (κ3) is 2.56. The van der Waals surface area contributed by atoms with Crippen molar-refractivity contribution in [2.75, 3.05) is 16.9 Å². The van der Waals surface area contributed by atoms with Gasteiger partial charge in [0.2, 0.25) is 0 Å². The van der Waals surface area contributed by atoms with E-state index >= 15 is 0 Å². The van der Waals surface area contributed by atoms with Crippen LogP contribution in [0.15, 0.2) is 29.3 Å². The Morgan fingerprint density at radius 2 is 2.32 bits per heavy atom. The Morgan fingerprint density at radius 1 is 1.55 bits per heavy atom. The minimum absolute atomic E-state index is 0.0355. The van der Waals surface area contributed by atoms with Crippen molar-refractivity contribution in [2.24, 2.45) is 4.99 Å². The third-order valence-electron chi connectivity index (χ3n) is 3.85. The van der Waals surface area contributed by atoms with E-state index in [2.05, 4.69) is 10.3 Å². The van der Waals surface area contributed by atoms with E-state index in [0.29, 0.717) is 29.4 Å². The summed E-state index contributed by atoms with van der Waals surface area (Å²) in [5.74, 6) is 0.909. The molecule has 1 aromatic carbocycles. The zero-order chi connectivity index (χ0) is 15.7. The van der Waals surface area contributed by atoms with Crippen LogP contribution in [0.2, 0.25) is 0 Å². The molecule has 1 saturated heterocycles. The molecule has 7 heteroatoms. The lowest BCUT2D eigenvalue weighted by Crippen LogP contribution is -2.43. The fourth-order valence-corrected chi connectivity index (χ4v) is 3.79. The van der Waals surface area contributed by atoms with Gasteiger partial charge in [-0.25, -0.2) is 4.79 Å². The first kappa shape index (κ1) is 14.9. The number of carboxylic acid groups (broad SMARTS) is 1. The molecule has 6 nitrogen and oxygen atoms in total. The number of aliphatic carboxylic acids is 1. The Balaban J connectivity index is 2.05. The van der Waals surface area contributed by atoms with Gasteiger partial charge in [-0.2, -0.15) is 0 Å². The van der Waals surface area contributed by atoms with Gasteiger partial charge in [-0.15, -0.1) is 11.8 Å². The van der Waals surface area contributed by atoms with Crippen molar-refractivity contribution >= 4 is 35.2 Å².